The lowest BCUT2D eigenvalue weighted by atomic mass is 10.1. The van der Waals surface area contributed by atoms with E-state index in [2.05, 4.69) is 38.2 Å². The van der Waals surface area contributed by atoms with E-state index in [-0.39, 0.29) is 6.04 Å². The molecule has 0 bridgehead atoms. The summed E-state index contributed by atoms with van der Waals surface area (Å²) in [6.07, 6.45) is 5.36. The van der Waals surface area contributed by atoms with Crippen LogP contribution >= 0.6 is 0 Å². The van der Waals surface area contributed by atoms with Crippen LogP contribution in [0.2, 0.25) is 0 Å². The Morgan fingerprint density at radius 3 is 2.93 bits per heavy atom. The van der Waals surface area contributed by atoms with Gasteiger partial charge in [-0.15, -0.1) is 5.10 Å². The van der Waals surface area contributed by atoms with Crippen LogP contribution in [-0.2, 0) is 11.8 Å². The number of imidazole rings is 1. The third kappa shape index (κ3) is 2.58. The molecule has 1 fully saturated rings. The van der Waals surface area contributed by atoms with Gasteiger partial charge in [0.1, 0.15) is 5.69 Å². The summed E-state index contributed by atoms with van der Waals surface area (Å²) in [6.45, 7) is 4.34. The van der Waals surface area contributed by atoms with Gasteiger partial charge in [0.15, 0.2) is 11.6 Å². The first-order valence-electron chi connectivity index (χ1n) is 8.93. The number of morpholine rings is 1. The number of hydrogen-bond donors (Lipinski definition) is 1. The van der Waals surface area contributed by atoms with Crippen molar-refractivity contribution in [2.45, 2.75) is 13.0 Å². The van der Waals surface area contributed by atoms with E-state index in [9.17, 15) is 0 Å². The highest BCUT2D eigenvalue weighted by molar-refractivity contribution is 5.81. The summed E-state index contributed by atoms with van der Waals surface area (Å²) >= 11 is 0. The molecule has 9 heteroatoms. The van der Waals surface area contributed by atoms with Gasteiger partial charge in [-0.1, -0.05) is 0 Å². The molecule has 0 radical (unpaired) electrons. The fourth-order valence-corrected chi connectivity index (χ4v) is 3.58. The van der Waals surface area contributed by atoms with Crippen molar-refractivity contribution in [1.29, 1.82) is 0 Å². The van der Waals surface area contributed by atoms with Crippen molar-refractivity contribution in [1.82, 2.24) is 34.6 Å². The van der Waals surface area contributed by atoms with Crippen LogP contribution in [0.1, 0.15) is 6.92 Å². The molecule has 1 N–H and O–H groups in total. The Morgan fingerprint density at radius 1 is 1.26 bits per heavy atom. The highest BCUT2D eigenvalue weighted by Gasteiger charge is 2.24. The van der Waals surface area contributed by atoms with E-state index in [0.29, 0.717) is 13.2 Å². The minimum Gasteiger partial charge on any atom is -0.377 e. The predicted octanol–water partition coefficient (Wildman–Crippen LogP) is 1.74. The van der Waals surface area contributed by atoms with Gasteiger partial charge in [0.2, 0.25) is 0 Å². The second-order valence-corrected chi connectivity index (χ2v) is 6.72. The summed E-state index contributed by atoms with van der Waals surface area (Å²) < 4.78 is 9.34. The lowest BCUT2D eigenvalue weighted by molar-refractivity contribution is 0.0984. The molecule has 4 aromatic rings. The first kappa shape index (κ1) is 16.0. The Labute approximate surface area is 155 Å². The van der Waals surface area contributed by atoms with Crippen molar-refractivity contribution in [3.05, 3.63) is 36.8 Å². The van der Waals surface area contributed by atoms with Crippen molar-refractivity contribution in [3.8, 4) is 22.8 Å². The summed E-state index contributed by atoms with van der Waals surface area (Å²) in [5.74, 6) is 1.63. The van der Waals surface area contributed by atoms with Gasteiger partial charge in [-0.3, -0.25) is 9.78 Å². The third-order valence-electron chi connectivity index (χ3n) is 4.99. The molecule has 0 saturated carbocycles. The number of ether oxygens (including phenoxy) is 1. The number of H-pyrrole nitrogens is 1. The number of rotatable bonds is 3. The summed E-state index contributed by atoms with van der Waals surface area (Å²) in [6, 6.07) is 6.27. The Bertz CT molecular complexity index is 1080. The maximum absolute atomic E-state index is 5.59. The molecule has 0 unspecified atom stereocenters. The van der Waals surface area contributed by atoms with Crippen LogP contribution in [0.15, 0.2) is 36.8 Å². The van der Waals surface area contributed by atoms with E-state index in [1.54, 1.807) is 12.4 Å². The number of nitrogens with one attached hydrogen (secondary N) is 1. The fraction of sp³-hybridized carbons (Fsp3) is 0.333. The van der Waals surface area contributed by atoms with E-state index in [0.717, 1.165) is 40.7 Å². The van der Waals surface area contributed by atoms with E-state index >= 15 is 0 Å². The molecule has 27 heavy (non-hydrogen) atoms. The number of anilines is 1. The van der Waals surface area contributed by atoms with Crippen LogP contribution < -0.4 is 4.90 Å². The standard InChI is InChI=1S/C18H20N8O/c1-12-11-27-8-7-25(12)17-9-13(15-4-6-21-24(15)2)16-10-19-18(26(16)23-17)14-3-5-20-22-14/h3-6,9-10,12H,7-8,11H2,1-2H3,(H,20,22)/t12-/m1/s1. The monoisotopic (exact) mass is 364 g/mol. The minimum atomic E-state index is 0.252. The van der Waals surface area contributed by atoms with E-state index in [1.165, 1.54) is 0 Å². The smallest absolute Gasteiger partial charge is 0.179 e. The van der Waals surface area contributed by atoms with Crippen LogP contribution in [0.25, 0.3) is 28.3 Å². The average Bonchev–Trinajstić information content (AvgIpc) is 3.41. The van der Waals surface area contributed by atoms with Crippen molar-refractivity contribution < 1.29 is 4.74 Å². The van der Waals surface area contributed by atoms with Crippen LogP contribution in [0, 0.1) is 0 Å². The zero-order valence-electron chi connectivity index (χ0n) is 15.2. The molecule has 0 aromatic carbocycles. The minimum absolute atomic E-state index is 0.252. The highest BCUT2D eigenvalue weighted by Crippen LogP contribution is 2.31. The van der Waals surface area contributed by atoms with Gasteiger partial charge in [0, 0.05) is 31.5 Å². The molecule has 0 spiro atoms. The van der Waals surface area contributed by atoms with Crippen molar-refractivity contribution >= 4 is 11.3 Å². The Balaban J connectivity index is 1.76. The van der Waals surface area contributed by atoms with Crippen molar-refractivity contribution in [3.63, 3.8) is 0 Å². The van der Waals surface area contributed by atoms with Gasteiger partial charge in [-0.25, -0.2) is 9.50 Å². The SMILES string of the molecule is C[C@@H]1COCCN1c1cc(-c2ccnn2C)c2cnc(-c3ccn[nH]3)n2n1. The number of fused-ring (bicyclic) bond motifs is 1. The number of aromatic amines is 1. The van der Waals surface area contributed by atoms with Gasteiger partial charge in [-0.05, 0) is 25.1 Å². The predicted molar refractivity (Wildman–Crippen MR) is 100 cm³/mol. The second-order valence-electron chi connectivity index (χ2n) is 6.72. The molecular formula is C18H20N8O. The lowest BCUT2D eigenvalue weighted by Crippen LogP contribution is -2.44. The van der Waals surface area contributed by atoms with Crippen molar-refractivity contribution in [2.24, 2.45) is 7.05 Å². The van der Waals surface area contributed by atoms with Crippen molar-refractivity contribution in [2.75, 3.05) is 24.7 Å². The summed E-state index contributed by atoms with van der Waals surface area (Å²) in [4.78, 5) is 6.88. The fourth-order valence-electron chi connectivity index (χ4n) is 3.58. The quantitative estimate of drug-likeness (QED) is 0.596. The van der Waals surface area contributed by atoms with Crippen LogP contribution in [0.3, 0.4) is 0 Å². The largest absolute Gasteiger partial charge is 0.377 e. The van der Waals surface area contributed by atoms with Gasteiger partial charge in [0.25, 0.3) is 0 Å². The molecule has 5 rings (SSSR count). The molecule has 1 saturated heterocycles. The Hall–Kier alpha value is -3.20. The molecule has 1 atom stereocenters. The van der Waals surface area contributed by atoms with Crippen LogP contribution in [0.5, 0.6) is 0 Å². The average molecular weight is 364 g/mol. The van der Waals surface area contributed by atoms with Gasteiger partial charge < -0.3 is 9.64 Å². The first-order valence-corrected chi connectivity index (χ1v) is 8.93. The molecule has 1 aliphatic rings. The molecular weight excluding hydrogens is 344 g/mol. The lowest BCUT2D eigenvalue weighted by Gasteiger charge is -2.34. The summed E-state index contributed by atoms with van der Waals surface area (Å²) in [5.41, 5.74) is 3.80. The number of aryl methyl sites for hydroxylation is 1. The molecule has 9 nitrogen and oxygen atoms in total. The molecule has 0 aliphatic carbocycles. The maximum Gasteiger partial charge on any atom is 0.179 e. The maximum atomic E-state index is 5.59. The molecule has 5 heterocycles. The van der Waals surface area contributed by atoms with Gasteiger partial charge >= 0.3 is 0 Å². The zero-order chi connectivity index (χ0) is 18.4. The molecule has 1 aliphatic heterocycles. The second kappa shape index (κ2) is 6.20. The van der Waals surface area contributed by atoms with Gasteiger partial charge in [0.05, 0.1) is 36.7 Å². The Morgan fingerprint density at radius 2 is 2.19 bits per heavy atom. The van der Waals surface area contributed by atoms with E-state index < -0.39 is 0 Å². The van der Waals surface area contributed by atoms with Crippen LogP contribution in [-0.4, -0.2) is 60.4 Å². The Kier molecular flexibility index (Phi) is 3.68. The molecule has 0 amide bonds. The highest BCUT2D eigenvalue weighted by atomic mass is 16.5. The normalized spacial score (nSPS) is 17.7. The number of hydrogen-bond acceptors (Lipinski definition) is 6. The zero-order valence-corrected chi connectivity index (χ0v) is 15.2. The van der Waals surface area contributed by atoms with E-state index in [4.69, 9.17) is 9.84 Å². The summed E-state index contributed by atoms with van der Waals surface area (Å²) in [5, 5.41) is 16.3. The number of nitrogens with zero attached hydrogens (tertiary/aromatic N) is 7. The topological polar surface area (TPSA) is 89.2 Å². The van der Waals surface area contributed by atoms with E-state index in [1.807, 2.05) is 34.6 Å². The third-order valence-corrected chi connectivity index (χ3v) is 4.99. The van der Waals surface area contributed by atoms with Crippen LogP contribution in [0.4, 0.5) is 5.82 Å². The molecule has 4 aromatic heterocycles. The first-order chi connectivity index (χ1) is 13.2. The number of aromatic nitrogens is 7. The summed E-state index contributed by atoms with van der Waals surface area (Å²) in [7, 11) is 1.94. The van der Waals surface area contributed by atoms with Gasteiger partial charge in [-0.2, -0.15) is 10.2 Å². The molecule has 138 valence electrons.